The van der Waals surface area contributed by atoms with Gasteiger partial charge in [0.05, 0.1) is 0 Å². The molecule has 3 nitrogen and oxygen atoms in total. The molecular formula is C26H22ClN3. The molecule has 1 aromatic heterocycles. The van der Waals surface area contributed by atoms with Crippen molar-refractivity contribution in [3.8, 4) is 33.9 Å². The zero-order valence-electron chi connectivity index (χ0n) is 17.0. The molecule has 0 saturated heterocycles. The van der Waals surface area contributed by atoms with Gasteiger partial charge in [0.1, 0.15) is 0 Å². The molecule has 4 rings (SSSR count). The first-order chi connectivity index (χ1) is 14.6. The van der Waals surface area contributed by atoms with E-state index in [1.54, 1.807) is 0 Å². The van der Waals surface area contributed by atoms with Crippen LogP contribution in [0.2, 0.25) is 5.28 Å². The number of hydrogen-bond donors (Lipinski definition) is 0. The highest BCUT2D eigenvalue weighted by atomic mass is 35.5. The Bertz CT molecular complexity index is 1180. The largest absolute Gasteiger partial charge is 0.226 e. The van der Waals surface area contributed by atoms with E-state index in [0.29, 0.717) is 11.6 Å². The average molecular weight is 412 g/mol. The van der Waals surface area contributed by atoms with Crippen molar-refractivity contribution in [3.05, 3.63) is 95.3 Å². The molecule has 0 fully saturated rings. The van der Waals surface area contributed by atoms with Crippen molar-refractivity contribution in [2.24, 2.45) is 0 Å². The van der Waals surface area contributed by atoms with Gasteiger partial charge in [0, 0.05) is 11.1 Å². The van der Waals surface area contributed by atoms with Gasteiger partial charge in [-0.25, -0.2) is 4.98 Å². The van der Waals surface area contributed by atoms with Crippen molar-refractivity contribution >= 4 is 17.7 Å². The number of allylic oxidation sites excluding steroid dienone is 1. The molecule has 4 heteroatoms. The lowest BCUT2D eigenvalue weighted by atomic mass is 10.0. The Morgan fingerprint density at radius 2 is 1.33 bits per heavy atom. The Morgan fingerprint density at radius 1 is 0.733 bits per heavy atom. The normalized spacial score (nSPS) is 11.2. The van der Waals surface area contributed by atoms with E-state index in [0.717, 1.165) is 28.7 Å². The summed E-state index contributed by atoms with van der Waals surface area (Å²) in [4.78, 5) is 13.4. The van der Waals surface area contributed by atoms with Crippen LogP contribution in [0.15, 0.2) is 78.9 Å². The van der Waals surface area contributed by atoms with Gasteiger partial charge in [0.25, 0.3) is 0 Å². The molecule has 0 aliphatic carbocycles. The van der Waals surface area contributed by atoms with Gasteiger partial charge in [-0.05, 0) is 53.3 Å². The quantitative estimate of drug-likeness (QED) is 0.347. The summed E-state index contributed by atoms with van der Waals surface area (Å²) in [7, 11) is 0. The number of halogens is 1. The third kappa shape index (κ3) is 4.47. The summed E-state index contributed by atoms with van der Waals surface area (Å²) >= 11 is 6.26. The molecule has 30 heavy (non-hydrogen) atoms. The van der Waals surface area contributed by atoms with E-state index < -0.39 is 0 Å². The number of hydrogen-bond acceptors (Lipinski definition) is 3. The predicted molar refractivity (Wildman–Crippen MR) is 125 cm³/mol. The minimum Gasteiger partial charge on any atom is -0.208 e. The van der Waals surface area contributed by atoms with Crippen LogP contribution in [0.3, 0.4) is 0 Å². The second-order valence-electron chi connectivity index (χ2n) is 7.08. The Kier molecular flexibility index (Phi) is 6.01. The molecule has 0 unspecified atom stereocenters. The highest BCUT2D eigenvalue weighted by molar-refractivity contribution is 6.28. The molecule has 0 N–H and O–H groups in total. The van der Waals surface area contributed by atoms with Gasteiger partial charge in [-0.3, -0.25) is 0 Å². The van der Waals surface area contributed by atoms with Crippen molar-refractivity contribution in [3.63, 3.8) is 0 Å². The molecular weight excluding hydrogens is 390 g/mol. The number of nitrogens with zero attached hydrogens (tertiary/aromatic N) is 3. The minimum atomic E-state index is 0.188. The summed E-state index contributed by atoms with van der Waals surface area (Å²) in [5.74, 6) is 1.14. The summed E-state index contributed by atoms with van der Waals surface area (Å²) in [5.41, 5.74) is 6.50. The van der Waals surface area contributed by atoms with Crippen molar-refractivity contribution < 1.29 is 0 Å². The van der Waals surface area contributed by atoms with Gasteiger partial charge in [-0.2, -0.15) is 9.97 Å². The number of aromatic nitrogens is 3. The molecule has 0 atom stereocenters. The highest BCUT2D eigenvalue weighted by Crippen LogP contribution is 2.26. The van der Waals surface area contributed by atoms with Gasteiger partial charge in [0.2, 0.25) is 5.28 Å². The Labute approximate surface area is 182 Å². The predicted octanol–water partition coefficient (Wildman–Crippen LogP) is 7.26. The lowest BCUT2D eigenvalue weighted by Crippen LogP contribution is -1.98. The van der Waals surface area contributed by atoms with Crippen LogP contribution in [-0.2, 0) is 0 Å². The van der Waals surface area contributed by atoms with Crippen LogP contribution >= 0.6 is 11.6 Å². The van der Waals surface area contributed by atoms with Crippen LogP contribution in [0, 0.1) is 6.92 Å². The maximum atomic E-state index is 6.26. The van der Waals surface area contributed by atoms with Crippen LogP contribution in [-0.4, -0.2) is 15.0 Å². The first-order valence-corrected chi connectivity index (χ1v) is 10.4. The fourth-order valence-corrected chi connectivity index (χ4v) is 3.41. The van der Waals surface area contributed by atoms with Crippen molar-refractivity contribution in [2.45, 2.75) is 20.3 Å². The summed E-state index contributed by atoms with van der Waals surface area (Å²) in [5, 5.41) is 0.188. The van der Waals surface area contributed by atoms with E-state index >= 15 is 0 Å². The zero-order valence-corrected chi connectivity index (χ0v) is 17.8. The van der Waals surface area contributed by atoms with Gasteiger partial charge in [-0.1, -0.05) is 85.8 Å². The smallest absolute Gasteiger partial charge is 0.208 e. The highest BCUT2D eigenvalue weighted by Gasteiger charge is 2.11. The van der Waals surface area contributed by atoms with Crippen LogP contribution in [0.4, 0.5) is 0 Å². The monoisotopic (exact) mass is 411 g/mol. The molecule has 0 bridgehead atoms. The molecule has 0 aliphatic heterocycles. The molecule has 0 aliphatic rings. The lowest BCUT2D eigenvalue weighted by molar-refractivity contribution is 1.07. The summed E-state index contributed by atoms with van der Waals surface area (Å²) in [6, 6.07) is 24.6. The first kappa shape index (κ1) is 20.0. The molecule has 0 amide bonds. The second kappa shape index (κ2) is 9.02. The lowest BCUT2D eigenvalue weighted by Gasteiger charge is -2.08. The van der Waals surface area contributed by atoms with E-state index in [9.17, 15) is 0 Å². The summed E-state index contributed by atoms with van der Waals surface area (Å²) < 4.78 is 0. The molecule has 4 aromatic rings. The SMILES string of the molecule is CC/C=C\c1cc(-c2nc(Cl)nc(-c3ccc(-c4ccccc4)cc3)n2)ccc1C. The van der Waals surface area contributed by atoms with E-state index in [-0.39, 0.29) is 5.28 Å². The molecule has 1 heterocycles. The molecule has 0 radical (unpaired) electrons. The fourth-order valence-electron chi connectivity index (χ4n) is 3.25. The van der Waals surface area contributed by atoms with Crippen molar-refractivity contribution in [2.75, 3.05) is 0 Å². The molecule has 148 valence electrons. The van der Waals surface area contributed by atoms with Gasteiger partial charge in [-0.15, -0.1) is 0 Å². The van der Waals surface area contributed by atoms with Crippen LogP contribution in [0.5, 0.6) is 0 Å². The van der Waals surface area contributed by atoms with Gasteiger partial charge < -0.3 is 0 Å². The maximum absolute atomic E-state index is 6.26. The van der Waals surface area contributed by atoms with Crippen molar-refractivity contribution in [1.82, 2.24) is 15.0 Å². The minimum absolute atomic E-state index is 0.188. The van der Waals surface area contributed by atoms with Crippen LogP contribution in [0.25, 0.3) is 40.0 Å². The van der Waals surface area contributed by atoms with Crippen LogP contribution < -0.4 is 0 Å². The Hall–Kier alpha value is -3.30. The maximum Gasteiger partial charge on any atom is 0.226 e. The molecule has 0 spiro atoms. The van der Waals surface area contributed by atoms with E-state index in [2.05, 4.69) is 72.4 Å². The average Bonchev–Trinajstić information content (AvgIpc) is 2.79. The van der Waals surface area contributed by atoms with Gasteiger partial charge in [0.15, 0.2) is 11.6 Å². The second-order valence-corrected chi connectivity index (χ2v) is 7.42. The third-order valence-corrected chi connectivity index (χ3v) is 5.10. The van der Waals surface area contributed by atoms with Crippen LogP contribution in [0.1, 0.15) is 24.5 Å². The summed E-state index contributed by atoms with van der Waals surface area (Å²) in [6.45, 7) is 4.22. The number of rotatable bonds is 5. The number of aryl methyl sites for hydroxylation is 1. The topological polar surface area (TPSA) is 38.7 Å². The van der Waals surface area contributed by atoms with E-state index in [4.69, 9.17) is 16.6 Å². The van der Waals surface area contributed by atoms with Gasteiger partial charge >= 0.3 is 0 Å². The Balaban J connectivity index is 1.70. The third-order valence-electron chi connectivity index (χ3n) is 4.93. The van der Waals surface area contributed by atoms with Crippen molar-refractivity contribution in [1.29, 1.82) is 0 Å². The molecule has 3 aromatic carbocycles. The molecule has 0 saturated carbocycles. The van der Waals surface area contributed by atoms with E-state index in [1.807, 2.05) is 36.4 Å². The number of benzene rings is 3. The first-order valence-electron chi connectivity index (χ1n) is 9.99. The Morgan fingerprint density at radius 3 is 2.03 bits per heavy atom. The fraction of sp³-hybridized carbons (Fsp3) is 0.115. The van der Waals surface area contributed by atoms with E-state index in [1.165, 1.54) is 11.1 Å². The summed E-state index contributed by atoms with van der Waals surface area (Å²) in [6.07, 6.45) is 5.27. The standard InChI is InChI=1S/C26H22ClN3/c1-3-4-8-22-17-23(12-11-18(22)2)25-28-24(29-26(27)30-25)21-15-13-20(14-16-21)19-9-6-5-7-10-19/h4-17H,3H2,1-2H3/b8-4-. The zero-order chi connectivity index (χ0) is 20.9.